The minimum absolute atomic E-state index is 0.604. The van der Waals surface area contributed by atoms with E-state index in [9.17, 15) is 0 Å². The van der Waals surface area contributed by atoms with Crippen molar-refractivity contribution in [2.75, 3.05) is 11.4 Å². The first-order valence-electron chi connectivity index (χ1n) is 5.87. The molecule has 2 nitrogen and oxygen atoms in total. The van der Waals surface area contributed by atoms with Crippen LogP contribution in [0.25, 0.3) is 0 Å². The fourth-order valence-corrected chi connectivity index (χ4v) is 3.04. The summed E-state index contributed by atoms with van der Waals surface area (Å²) < 4.78 is 1.11. The molecule has 0 amide bonds. The van der Waals surface area contributed by atoms with Crippen molar-refractivity contribution in [2.24, 2.45) is 11.7 Å². The molecule has 0 aromatic heterocycles. The van der Waals surface area contributed by atoms with Gasteiger partial charge in [-0.1, -0.05) is 22.9 Å². The molecule has 1 fully saturated rings. The van der Waals surface area contributed by atoms with Crippen LogP contribution in [-0.2, 0) is 6.54 Å². The highest BCUT2D eigenvalue weighted by Crippen LogP contribution is 2.32. The van der Waals surface area contributed by atoms with Crippen molar-refractivity contribution in [1.82, 2.24) is 0 Å². The summed E-state index contributed by atoms with van der Waals surface area (Å²) >= 11 is 3.50. The van der Waals surface area contributed by atoms with E-state index >= 15 is 0 Å². The lowest BCUT2D eigenvalue weighted by molar-refractivity contribution is 0.625. The second-order valence-corrected chi connectivity index (χ2v) is 5.74. The number of halogens is 1. The van der Waals surface area contributed by atoms with E-state index in [2.05, 4.69) is 52.9 Å². The van der Waals surface area contributed by atoms with Crippen molar-refractivity contribution in [2.45, 2.75) is 32.9 Å². The standard InChI is InChI=1S/C13H19BrN2/c1-9-5-10(2)16(8-9)13-4-3-12(14)6-11(13)7-15/h3-4,6,9-10H,5,7-8,15H2,1-2H3. The predicted molar refractivity (Wildman–Crippen MR) is 72.6 cm³/mol. The summed E-state index contributed by atoms with van der Waals surface area (Å²) in [6.45, 7) is 6.37. The van der Waals surface area contributed by atoms with Gasteiger partial charge in [-0.3, -0.25) is 0 Å². The number of hydrogen-bond donors (Lipinski definition) is 1. The van der Waals surface area contributed by atoms with Crippen LogP contribution in [0.1, 0.15) is 25.8 Å². The Labute approximate surface area is 106 Å². The van der Waals surface area contributed by atoms with E-state index in [1.807, 2.05) is 0 Å². The molecule has 1 aliphatic heterocycles. The van der Waals surface area contributed by atoms with Gasteiger partial charge >= 0.3 is 0 Å². The molecule has 0 radical (unpaired) electrons. The molecule has 1 aliphatic rings. The number of rotatable bonds is 2. The zero-order chi connectivity index (χ0) is 11.7. The molecule has 2 N–H and O–H groups in total. The molecule has 0 bridgehead atoms. The minimum atomic E-state index is 0.604. The highest BCUT2D eigenvalue weighted by Gasteiger charge is 2.27. The van der Waals surface area contributed by atoms with E-state index in [1.165, 1.54) is 17.7 Å². The first-order valence-corrected chi connectivity index (χ1v) is 6.66. The third-order valence-electron chi connectivity index (χ3n) is 3.35. The summed E-state index contributed by atoms with van der Waals surface area (Å²) in [4.78, 5) is 2.49. The Morgan fingerprint density at radius 2 is 2.19 bits per heavy atom. The normalized spacial score (nSPS) is 25.1. The lowest BCUT2D eigenvalue weighted by Gasteiger charge is -2.26. The van der Waals surface area contributed by atoms with Gasteiger partial charge in [-0.2, -0.15) is 0 Å². The van der Waals surface area contributed by atoms with Crippen molar-refractivity contribution in [3.8, 4) is 0 Å². The minimum Gasteiger partial charge on any atom is -0.368 e. The number of nitrogens with zero attached hydrogens (tertiary/aromatic N) is 1. The van der Waals surface area contributed by atoms with E-state index in [0.717, 1.165) is 16.9 Å². The highest BCUT2D eigenvalue weighted by molar-refractivity contribution is 9.10. The monoisotopic (exact) mass is 282 g/mol. The topological polar surface area (TPSA) is 29.3 Å². The van der Waals surface area contributed by atoms with Crippen molar-refractivity contribution in [3.05, 3.63) is 28.2 Å². The lowest BCUT2D eigenvalue weighted by Crippen LogP contribution is -2.28. The molecule has 1 aromatic carbocycles. The summed E-state index contributed by atoms with van der Waals surface area (Å²) in [6.07, 6.45) is 1.28. The zero-order valence-corrected chi connectivity index (χ0v) is 11.5. The van der Waals surface area contributed by atoms with Crippen molar-refractivity contribution >= 4 is 21.6 Å². The predicted octanol–water partition coefficient (Wildman–Crippen LogP) is 3.14. The van der Waals surface area contributed by atoms with Crippen LogP contribution < -0.4 is 10.6 Å². The second-order valence-electron chi connectivity index (χ2n) is 4.82. The van der Waals surface area contributed by atoms with Gasteiger partial charge in [0.05, 0.1) is 0 Å². The van der Waals surface area contributed by atoms with Gasteiger partial charge in [0.2, 0.25) is 0 Å². The Kier molecular flexibility index (Phi) is 3.55. The Morgan fingerprint density at radius 3 is 2.75 bits per heavy atom. The van der Waals surface area contributed by atoms with Crippen molar-refractivity contribution < 1.29 is 0 Å². The van der Waals surface area contributed by atoms with Crippen LogP contribution >= 0.6 is 15.9 Å². The van der Waals surface area contributed by atoms with E-state index in [-0.39, 0.29) is 0 Å². The van der Waals surface area contributed by atoms with Gasteiger partial charge in [0.25, 0.3) is 0 Å². The molecule has 1 heterocycles. The molecule has 2 unspecified atom stereocenters. The zero-order valence-electron chi connectivity index (χ0n) is 9.91. The van der Waals surface area contributed by atoms with Gasteiger partial charge in [-0.25, -0.2) is 0 Å². The third-order valence-corrected chi connectivity index (χ3v) is 3.85. The maximum atomic E-state index is 5.82. The fraction of sp³-hybridized carbons (Fsp3) is 0.538. The number of anilines is 1. The molecule has 1 saturated heterocycles. The van der Waals surface area contributed by atoms with Gasteiger partial charge in [-0.05, 0) is 43.0 Å². The first kappa shape index (κ1) is 11.9. The molecule has 2 rings (SSSR count). The molecule has 3 heteroatoms. The molecule has 0 saturated carbocycles. The lowest BCUT2D eigenvalue weighted by atomic mass is 10.1. The summed E-state index contributed by atoms with van der Waals surface area (Å²) in [6, 6.07) is 7.04. The first-order chi connectivity index (χ1) is 7.61. The number of hydrogen-bond acceptors (Lipinski definition) is 2. The average molecular weight is 283 g/mol. The summed E-state index contributed by atoms with van der Waals surface area (Å²) in [5.41, 5.74) is 8.36. The van der Waals surface area contributed by atoms with Gasteiger partial charge in [0.15, 0.2) is 0 Å². The summed E-state index contributed by atoms with van der Waals surface area (Å²) in [5, 5.41) is 0. The smallest absolute Gasteiger partial charge is 0.0415 e. The highest BCUT2D eigenvalue weighted by atomic mass is 79.9. The van der Waals surface area contributed by atoms with Crippen LogP contribution in [0.2, 0.25) is 0 Å². The third kappa shape index (κ3) is 2.25. The second kappa shape index (κ2) is 4.76. The number of benzene rings is 1. The van der Waals surface area contributed by atoms with E-state index in [1.54, 1.807) is 0 Å². The van der Waals surface area contributed by atoms with Gasteiger partial charge < -0.3 is 10.6 Å². The average Bonchev–Trinajstić information content (AvgIpc) is 2.57. The molecule has 88 valence electrons. The molecule has 0 spiro atoms. The van der Waals surface area contributed by atoms with Crippen molar-refractivity contribution in [1.29, 1.82) is 0 Å². The summed E-state index contributed by atoms with van der Waals surface area (Å²) in [5.74, 6) is 0.782. The van der Waals surface area contributed by atoms with Gasteiger partial charge in [0, 0.05) is 29.3 Å². The molecular formula is C13H19BrN2. The Balaban J connectivity index is 2.32. The molecule has 2 atom stereocenters. The Hall–Kier alpha value is -0.540. The van der Waals surface area contributed by atoms with Crippen molar-refractivity contribution in [3.63, 3.8) is 0 Å². The van der Waals surface area contributed by atoms with Crippen LogP contribution in [0.15, 0.2) is 22.7 Å². The van der Waals surface area contributed by atoms with E-state index < -0.39 is 0 Å². The molecule has 1 aromatic rings. The van der Waals surface area contributed by atoms with Gasteiger partial charge in [0.1, 0.15) is 0 Å². The largest absolute Gasteiger partial charge is 0.368 e. The Morgan fingerprint density at radius 1 is 1.44 bits per heavy atom. The Bertz CT molecular complexity index is 378. The molecule has 0 aliphatic carbocycles. The van der Waals surface area contributed by atoms with E-state index in [0.29, 0.717) is 12.6 Å². The fourth-order valence-electron chi connectivity index (χ4n) is 2.63. The summed E-state index contributed by atoms with van der Waals surface area (Å²) in [7, 11) is 0. The molecular weight excluding hydrogens is 264 g/mol. The van der Waals surface area contributed by atoms with Gasteiger partial charge in [-0.15, -0.1) is 0 Å². The quantitative estimate of drug-likeness (QED) is 0.903. The maximum absolute atomic E-state index is 5.82. The van der Waals surface area contributed by atoms with Crippen LogP contribution in [-0.4, -0.2) is 12.6 Å². The van der Waals surface area contributed by atoms with Crippen LogP contribution in [0, 0.1) is 5.92 Å². The van der Waals surface area contributed by atoms with Crippen LogP contribution in [0.4, 0.5) is 5.69 Å². The maximum Gasteiger partial charge on any atom is 0.0415 e. The SMILES string of the molecule is CC1CC(C)N(c2ccc(Br)cc2CN)C1. The van der Waals surface area contributed by atoms with Crippen LogP contribution in [0.5, 0.6) is 0 Å². The molecule has 16 heavy (non-hydrogen) atoms. The van der Waals surface area contributed by atoms with E-state index in [4.69, 9.17) is 5.73 Å². The van der Waals surface area contributed by atoms with Crippen LogP contribution in [0.3, 0.4) is 0 Å². The number of nitrogens with two attached hydrogens (primary N) is 1.